The first-order valence-corrected chi connectivity index (χ1v) is 5.67. The summed E-state index contributed by atoms with van der Waals surface area (Å²) in [6.07, 6.45) is 2.66. The van der Waals surface area contributed by atoms with E-state index in [0.717, 1.165) is 12.8 Å². The summed E-state index contributed by atoms with van der Waals surface area (Å²) in [6, 6.07) is 0. The zero-order valence-corrected chi connectivity index (χ0v) is 8.43. The summed E-state index contributed by atoms with van der Waals surface area (Å²) in [6.45, 7) is 3.93. The number of hydrogen-bond acceptors (Lipinski definition) is 2. The molecule has 0 bridgehead atoms. The molecular formula is C8H15O3P. The molecule has 0 spiro atoms. The van der Waals surface area contributed by atoms with Crippen molar-refractivity contribution in [1.29, 1.82) is 0 Å². The highest BCUT2D eigenvalue weighted by Gasteiger charge is 2.12. The zero-order valence-electron chi connectivity index (χ0n) is 7.54. The van der Waals surface area contributed by atoms with Gasteiger partial charge in [0.2, 0.25) is 0 Å². The molecule has 1 unspecified atom stereocenters. The Morgan fingerprint density at radius 1 is 1.50 bits per heavy atom. The van der Waals surface area contributed by atoms with Crippen LogP contribution < -0.4 is 0 Å². The van der Waals surface area contributed by atoms with Gasteiger partial charge in [0.25, 0.3) is 0 Å². The highest BCUT2D eigenvalue weighted by molar-refractivity contribution is 7.58. The maximum Gasteiger partial charge on any atom is 0.402 e. The van der Waals surface area contributed by atoms with Crippen LogP contribution in [0.4, 0.5) is 0 Å². The van der Waals surface area contributed by atoms with E-state index in [-0.39, 0.29) is 6.61 Å². The van der Waals surface area contributed by atoms with Crippen LogP contribution in [0.5, 0.6) is 0 Å². The lowest BCUT2D eigenvalue weighted by molar-refractivity contribution is 0.285. The summed E-state index contributed by atoms with van der Waals surface area (Å²) >= 11 is 0. The molecule has 70 valence electrons. The zero-order chi connectivity index (χ0) is 9.45. The minimum absolute atomic E-state index is 0.218. The Morgan fingerprint density at radius 3 is 2.67 bits per heavy atom. The van der Waals surface area contributed by atoms with Crippen LogP contribution in [0.2, 0.25) is 0 Å². The van der Waals surface area contributed by atoms with Crippen LogP contribution in [0.25, 0.3) is 0 Å². The first-order valence-electron chi connectivity index (χ1n) is 4.10. The summed E-state index contributed by atoms with van der Waals surface area (Å²) < 4.78 is 15.5. The van der Waals surface area contributed by atoms with Crippen molar-refractivity contribution < 1.29 is 14.0 Å². The molecule has 12 heavy (non-hydrogen) atoms. The van der Waals surface area contributed by atoms with Crippen molar-refractivity contribution >= 4 is 7.60 Å². The summed E-state index contributed by atoms with van der Waals surface area (Å²) in [5.74, 6) is 2.62. The van der Waals surface area contributed by atoms with Crippen molar-refractivity contribution in [2.75, 3.05) is 6.61 Å². The monoisotopic (exact) mass is 190 g/mol. The number of rotatable bonds is 4. The molecule has 0 aromatic heterocycles. The lowest BCUT2D eigenvalue weighted by Gasteiger charge is -2.00. The third kappa shape index (κ3) is 6.42. The second-order valence-electron chi connectivity index (χ2n) is 2.33. The minimum atomic E-state index is -3.59. The third-order valence-electron chi connectivity index (χ3n) is 1.18. The Labute approximate surface area is 73.7 Å². The predicted molar refractivity (Wildman–Crippen MR) is 48.8 cm³/mol. The van der Waals surface area contributed by atoms with Crippen molar-refractivity contribution in [3.63, 3.8) is 0 Å². The topological polar surface area (TPSA) is 46.5 Å². The Kier molecular flexibility index (Phi) is 6.10. The van der Waals surface area contributed by atoms with Crippen LogP contribution >= 0.6 is 7.60 Å². The van der Waals surface area contributed by atoms with Gasteiger partial charge in [0, 0.05) is 12.1 Å². The predicted octanol–water partition coefficient (Wildman–Crippen LogP) is 2.36. The van der Waals surface area contributed by atoms with Gasteiger partial charge in [-0.05, 0) is 13.3 Å². The van der Waals surface area contributed by atoms with E-state index in [2.05, 4.69) is 16.1 Å². The van der Waals surface area contributed by atoms with Gasteiger partial charge in [-0.25, -0.2) is 4.57 Å². The maximum atomic E-state index is 10.9. The number of unbranched alkanes of at least 4 members (excludes halogenated alkanes) is 2. The van der Waals surface area contributed by atoms with Gasteiger partial charge in [-0.15, -0.1) is 0 Å². The normalized spacial score (nSPS) is 14.6. The summed E-state index contributed by atoms with van der Waals surface area (Å²) in [5, 5.41) is 0. The lowest BCUT2D eigenvalue weighted by Crippen LogP contribution is -1.84. The Hall–Kier alpha value is -0.290. The van der Waals surface area contributed by atoms with E-state index >= 15 is 0 Å². The van der Waals surface area contributed by atoms with Crippen molar-refractivity contribution in [2.45, 2.75) is 33.1 Å². The molecule has 3 nitrogen and oxygen atoms in total. The van der Waals surface area contributed by atoms with Crippen LogP contribution in [-0.2, 0) is 9.09 Å². The fourth-order valence-corrected chi connectivity index (χ4v) is 1.35. The molecule has 0 saturated heterocycles. The van der Waals surface area contributed by atoms with Crippen LogP contribution in [0.1, 0.15) is 33.1 Å². The van der Waals surface area contributed by atoms with Gasteiger partial charge in [0.15, 0.2) is 0 Å². The SMILES string of the molecule is CCCCC#CP(=O)(O)OCC. The smallest absolute Gasteiger partial charge is 0.315 e. The molecular weight excluding hydrogens is 175 g/mol. The second-order valence-corrected chi connectivity index (χ2v) is 3.85. The van der Waals surface area contributed by atoms with E-state index in [1.165, 1.54) is 0 Å². The van der Waals surface area contributed by atoms with Gasteiger partial charge in [0.1, 0.15) is 0 Å². The largest absolute Gasteiger partial charge is 0.402 e. The first kappa shape index (κ1) is 11.7. The van der Waals surface area contributed by atoms with E-state index in [9.17, 15) is 4.57 Å². The van der Waals surface area contributed by atoms with Crippen LogP contribution in [0.3, 0.4) is 0 Å². The Balaban J connectivity index is 3.83. The van der Waals surface area contributed by atoms with Crippen molar-refractivity contribution in [3.05, 3.63) is 0 Å². The quantitative estimate of drug-likeness (QED) is 0.420. The minimum Gasteiger partial charge on any atom is -0.315 e. The molecule has 0 rings (SSSR count). The highest BCUT2D eigenvalue weighted by Crippen LogP contribution is 2.39. The molecule has 1 N–H and O–H groups in total. The fraction of sp³-hybridized carbons (Fsp3) is 0.750. The molecule has 0 radical (unpaired) electrons. The number of hydrogen-bond donors (Lipinski definition) is 1. The maximum absolute atomic E-state index is 10.9. The molecule has 0 aromatic carbocycles. The third-order valence-corrected chi connectivity index (χ3v) is 2.23. The summed E-state index contributed by atoms with van der Waals surface area (Å²) in [4.78, 5) is 8.97. The van der Waals surface area contributed by atoms with E-state index in [1.54, 1.807) is 6.92 Å². The molecule has 0 aliphatic rings. The second kappa shape index (κ2) is 6.25. The van der Waals surface area contributed by atoms with Gasteiger partial charge in [-0.3, -0.25) is 4.52 Å². The molecule has 4 heteroatoms. The summed E-state index contributed by atoms with van der Waals surface area (Å²) in [7, 11) is -3.59. The van der Waals surface area contributed by atoms with Crippen LogP contribution in [-0.4, -0.2) is 11.5 Å². The fourth-order valence-electron chi connectivity index (χ4n) is 0.628. The van der Waals surface area contributed by atoms with E-state index in [0.29, 0.717) is 6.42 Å². The Bertz CT molecular complexity index is 214. The molecule has 0 fully saturated rings. The van der Waals surface area contributed by atoms with Gasteiger partial charge in [-0.1, -0.05) is 19.3 Å². The average Bonchev–Trinajstić information content (AvgIpc) is 1.98. The highest BCUT2D eigenvalue weighted by atomic mass is 31.2. The van der Waals surface area contributed by atoms with E-state index < -0.39 is 7.60 Å². The molecule has 0 aromatic rings. The molecule has 1 atom stereocenters. The average molecular weight is 190 g/mol. The van der Waals surface area contributed by atoms with Crippen LogP contribution in [0.15, 0.2) is 0 Å². The molecule has 0 heterocycles. The molecule has 0 aliphatic heterocycles. The summed E-state index contributed by atoms with van der Waals surface area (Å²) in [5.41, 5.74) is 2.23. The molecule has 0 amide bonds. The van der Waals surface area contributed by atoms with Crippen LogP contribution in [0, 0.1) is 11.6 Å². The van der Waals surface area contributed by atoms with Gasteiger partial charge in [-0.2, -0.15) is 0 Å². The van der Waals surface area contributed by atoms with Gasteiger partial charge >= 0.3 is 7.60 Å². The van der Waals surface area contributed by atoms with Crippen molar-refractivity contribution in [3.8, 4) is 11.6 Å². The lowest BCUT2D eigenvalue weighted by atomic mass is 10.3. The first-order chi connectivity index (χ1) is 5.62. The van der Waals surface area contributed by atoms with Crippen molar-refractivity contribution in [1.82, 2.24) is 0 Å². The molecule has 0 saturated carbocycles. The standard InChI is InChI=1S/C8H15O3P/c1-3-5-6-7-8-12(9,10)11-4-2/h3-6H2,1-2H3,(H,9,10). The molecule has 0 aliphatic carbocycles. The van der Waals surface area contributed by atoms with Crippen molar-refractivity contribution in [2.24, 2.45) is 0 Å². The Morgan fingerprint density at radius 2 is 2.17 bits per heavy atom. The van der Waals surface area contributed by atoms with Gasteiger partial charge < -0.3 is 4.89 Å². The van der Waals surface area contributed by atoms with E-state index in [4.69, 9.17) is 4.89 Å². The van der Waals surface area contributed by atoms with E-state index in [1.807, 2.05) is 6.92 Å². The van der Waals surface area contributed by atoms with Gasteiger partial charge in [0.05, 0.1) is 6.61 Å².